The lowest BCUT2D eigenvalue weighted by atomic mass is 10.2. The number of ether oxygens (including phenoxy) is 1. The third kappa shape index (κ3) is 3.37. The van der Waals surface area contributed by atoms with Crippen LogP contribution in [0.15, 0.2) is 48.1 Å². The van der Waals surface area contributed by atoms with Gasteiger partial charge in [-0.1, -0.05) is 6.07 Å². The maximum Gasteiger partial charge on any atom is 0.230 e. The van der Waals surface area contributed by atoms with Gasteiger partial charge < -0.3 is 15.0 Å². The third-order valence-corrected chi connectivity index (χ3v) is 4.68. The Morgan fingerprint density at radius 1 is 1.04 bits per heavy atom. The van der Waals surface area contributed by atoms with Crippen LogP contribution in [0.5, 0.6) is 0 Å². The number of aromatic nitrogens is 3. The van der Waals surface area contributed by atoms with Crippen molar-refractivity contribution in [3.8, 4) is 10.7 Å². The molecule has 0 atom stereocenters. The molecule has 0 saturated carbocycles. The van der Waals surface area contributed by atoms with Crippen molar-refractivity contribution in [1.29, 1.82) is 0 Å². The van der Waals surface area contributed by atoms with Crippen molar-refractivity contribution in [2.75, 3.05) is 36.5 Å². The first kappa shape index (κ1) is 15.0. The molecule has 0 spiro atoms. The number of hydrogen-bond donors (Lipinski definition) is 1. The molecule has 3 heterocycles. The summed E-state index contributed by atoms with van der Waals surface area (Å²) >= 11 is 1.61. The zero-order chi connectivity index (χ0) is 16.2. The number of anilines is 3. The SMILES string of the molecule is c1csc(-c2ncnc(Nc3ccc(N4CCOCC4)cc3)n2)c1. The van der Waals surface area contributed by atoms with Crippen LogP contribution in [-0.2, 0) is 4.74 Å². The molecular formula is C17H17N5OS. The van der Waals surface area contributed by atoms with Crippen molar-refractivity contribution in [2.24, 2.45) is 0 Å². The first-order valence-electron chi connectivity index (χ1n) is 7.81. The van der Waals surface area contributed by atoms with E-state index in [1.165, 1.54) is 12.0 Å². The van der Waals surface area contributed by atoms with E-state index in [1.807, 2.05) is 29.6 Å². The molecule has 1 aromatic carbocycles. The average molecular weight is 339 g/mol. The lowest BCUT2D eigenvalue weighted by Gasteiger charge is -2.28. The maximum absolute atomic E-state index is 5.39. The van der Waals surface area contributed by atoms with Gasteiger partial charge in [0, 0.05) is 24.5 Å². The molecule has 1 aliphatic rings. The fourth-order valence-electron chi connectivity index (χ4n) is 2.59. The molecule has 0 unspecified atom stereocenters. The van der Waals surface area contributed by atoms with Gasteiger partial charge in [-0.15, -0.1) is 11.3 Å². The minimum atomic E-state index is 0.549. The Bertz CT molecular complexity index is 785. The molecule has 122 valence electrons. The van der Waals surface area contributed by atoms with E-state index in [1.54, 1.807) is 11.3 Å². The van der Waals surface area contributed by atoms with E-state index in [0.29, 0.717) is 11.8 Å². The largest absolute Gasteiger partial charge is 0.378 e. The summed E-state index contributed by atoms with van der Waals surface area (Å²) in [5.41, 5.74) is 2.16. The van der Waals surface area contributed by atoms with Gasteiger partial charge in [0.2, 0.25) is 5.95 Å². The molecule has 7 heteroatoms. The summed E-state index contributed by atoms with van der Waals surface area (Å²) in [6.07, 6.45) is 1.53. The van der Waals surface area contributed by atoms with Crippen LogP contribution in [0.3, 0.4) is 0 Å². The Morgan fingerprint density at radius 3 is 2.62 bits per heavy atom. The fraction of sp³-hybridized carbons (Fsp3) is 0.235. The van der Waals surface area contributed by atoms with E-state index in [0.717, 1.165) is 36.9 Å². The molecule has 0 bridgehead atoms. The summed E-state index contributed by atoms with van der Waals surface area (Å²) in [5.74, 6) is 1.24. The van der Waals surface area contributed by atoms with Crippen LogP contribution in [0.25, 0.3) is 10.7 Å². The zero-order valence-electron chi connectivity index (χ0n) is 13.1. The highest BCUT2D eigenvalue weighted by Gasteiger charge is 2.11. The van der Waals surface area contributed by atoms with Crippen molar-refractivity contribution in [3.05, 3.63) is 48.1 Å². The molecule has 1 saturated heterocycles. The zero-order valence-corrected chi connectivity index (χ0v) is 13.9. The molecule has 3 aromatic rings. The monoisotopic (exact) mass is 339 g/mol. The first-order chi connectivity index (χ1) is 11.9. The second kappa shape index (κ2) is 6.94. The quantitative estimate of drug-likeness (QED) is 0.788. The van der Waals surface area contributed by atoms with Crippen LogP contribution in [0.1, 0.15) is 0 Å². The number of hydrogen-bond acceptors (Lipinski definition) is 7. The summed E-state index contributed by atoms with van der Waals surface area (Å²) in [4.78, 5) is 16.3. The summed E-state index contributed by atoms with van der Waals surface area (Å²) in [7, 11) is 0. The fourth-order valence-corrected chi connectivity index (χ4v) is 3.25. The minimum absolute atomic E-state index is 0.549. The molecule has 6 nitrogen and oxygen atoms in total. The standard InChI is InChI=1S/C17H17N5OS/c1-2-15(24-11-1)16-18-12-19-17(21-16)20-13-3-5-14(6-4-13)22-7-9-23-10-8-22/h1-6,11-12H,7-10H2,(H,18,19,20,21). The summed E-state index contributed by atoms with van der Waals surface area (Å²) in [6.45, 7) is 3.45. The Hall–Kier alpha value is -2.51. The van der Waals surface area contributed by atoms with Crippen molar-refractivity contribution >= 4 is 28.7 Å². The van der Waals surface area contributed by atoms with Crippen LogP contribution in [-0.4, -0.2) is 41.3 Å². The smallest absolute Gasteiger partial charge is 0.230 e. The number of morpholine rings is 1. The summed E-state index contributed by atoms with van der Waals surface area (Å²) in [5, 5.41) is 5.25. The van der Waals surface area contributed by atoms with Gasteiger partial charge in [-0.3, -0.25) is 0 Å². The second-order valence-corrected chi connectivity index (χ2v) is 6.33. The Morgan fingerprint density at radius 2 is 1.88 bits per heavy atom. The predicted molar refractivity (Wildman–Crippen MR) is 95.9 cm³/mol. The Kier molecular flexibility index (Phi) is 4.35. The number of nitrogens with one attached hydrogen (secondary N) is 1. The van der Waals surface area contributed by atoms with Gasteiger partial charge in [-0.25, -0.2) is 9.97 Å². The van der Waals surface area contributed by atoms with Gasteiger partial charge in [0.15, 0.2) is 5.82 Å². The van der Waals surface area contributed by atoms with Gasteiger partial charge in [0.05, 0.1) is 18.1 Å². The van der Waals surface area contributed by atoms with E-state index in [2.05, 4.69) is 37.3 Å². The van der Waals surface area contributed by atoms with Crippen LogP contribution in [0.4, 0.5) is 17.3 Å². The average Bonchev–Trinajstić information content (AvgIpc) is 3.18. The number of nitrogens with zero attached hydrogens (tertiary/aromatic N) is 4. The van der Waals surface area contributed by atoms with E-state index < -0.39 is 0 Å². The minimum Gasteiger partial charge on any atom is -0.378 e. The highest BCUT2D eigenvalue weighted by Crippen LogP contribution is 2.23. The first-order valence-corrected chi connectivity index (χ1v) is 8.69. The number of thiophene rings is 1. The van der Waals surface area contributed by atoms with Crippen LogP contribution < -0.4 is 10.2 Å². The Balaban J connectivity index is 1.48. The third-order valence-electron chi connectivity index (χ3n) is 3.81. The molecule has 4 rings (SSSR count). The van der Waals surface area contributed by atoms with E-state index >= 15 is 0 Å². The molecule has 0 aliphatic carbocycles. The summed E-state index contributed by atoms with van der Waals surface area (Å²) < 4.78 is 5.39. The van der Waals surface area contributed by atoms with Gasteiger partial charge in [0.25, 0.3) is 0 Å². The van der Waals surface area contributed by atoms with Gasteiger partial charge in [-0.05, 0) is 35.7 Å². The van der Waals surface area contributed by atoms with Crippen LogP contribution in [0, 0.1) is 0 Å². The topological polar surface area (TPSA) is 63.2 Å². The number of rotatable bonds is 4. The lowest BCUT2D eigenvalue weighted by Crippen LogP contribution is -2.36. The van der Waals surface area contributed by atoms with Gasteiger partial charge in [-0.2, -0.15) is 4.98 Å². The normalized spacial score (nSPS) is 14.6. The van der Waals surface area contributed by atoms with Crippen LogP contribution in [0.2, 0.25) is 0 Å². The highest BCUT2D eigenvalue weighted by atomic mass is 32.1. The molecule has 0 amide bonds. The lowest BCUT2D eigenvalue weighted by molar-refractivity contribution is 0.122. The van der Waals surface area contributed by atoms with Gasteiger partial charge in [0.1, 0.15) is 6.33 Å². The molecule has 1 aliphatic heterocycles. The Labute approximate surface area is 144 Å². The van der Waals surface area contributed by atoms with E-state index in [4.69, 9.17) is 4.74 Å². The molecule has 1 fully saturated rings. The molecule has 1 N–H and O–H groups in total. The number of benzene rings is 1. The maximum atomic E-state index is 5.39. The molecule has 2 aromatic heterocycles. The van der Waals surface area contributed by atoms with E-state index in [9.17, 15) is 0 Å². The molecule has 0 radical (unpaired) electrons. The summed E-state index contributed by atoms with van der Waals surface area (Å²) in [6, 6.07) is 12.3. The van der Waals surface area contributed by atoms with E-state index in [-0.39, 0.29) is 0 Å². The van der Waals surface area contributed by atoms with Gasteiger partial charge >= 0.3 is 0 Å². The molecule has 24 heavy (non-hydrogen) atoms. The highest BCUT2D eigenvalue weighted by molar-refractivity contribution is 7.13. The second-order valence-electron chi connectivity index (χ2n) is 5.38. The van der Waals surface area contributed by atoms with Crippen LogP contribution >= 0.6 is 11.3 Å². The van der Waals surface area contributed by atoms with Crippen molar-refractivity contribution in [3.63, 3.8) is 0 Å². The predicted octanol–water partition coefficient (Wildman–Crippen LogP) is 3.18. The molecular weight excluding hydrogens is 322 g/mol. The van der Waals surface area contributed by atoms with Crippen molar-refractivity contribution in [2.45, 2.75) is 0 Å². The van der Waals surface area contributed by atoms with Crippen molar-refractivity contribution in [1.82, 2.24) is 15.0 Å². The van der Waals surface area contributed by atoms with Crippen molar-refractivity contribution < 1.29 is 4.74 Å².